The molecule has 0 spiro atoms. The molecule has 2 aromatic heterocycles. The van der Waals surface area contributed by atoms with Crippen molar-refractivity contribution in [2.24, 2.45) is 0 Å². The summed E-state index contributed by atoms with van der Waals surface area (Å²) in [6, 6.07) is 5.95. The molecule has 3 saturated heterocycles. The lowest BCUT2D eigenvalue weighted by Gasteiger charge is -2.41. The number of aryl methyl sites for hydroxylation is 2. The molecule has 240 valence electrons. The van der Waals surface area contributed by atoms with E-state index in [1.54, 1.807) is 11.8 Å². The summed E-state index contributed by atoms with van der Waals surface area (Å²) in [6.07, 6.45) is 10.5. The van der Waals surface area contributed by atoms with Crippen molar-refractivity contribution >= 4 is 34.6 Å². The number of rotatable bonds is 6. The van der Waals surface area contributed by atoms with Gasteiger partial charge in [0.25, 0.3) is 5.56 Å². The van der Waals surface area contributed by atoms with E-state index in [-0.39, 0.29) is 23.4 Å². The monoisotopic (exact) mass is 631 g/mol. The summed E-state index contributed by atoms with van der Waals surface area (Å²) in [7, 11) is 0. The van der Waals surface area contributed by atoms with E-state index >= 15 is 0 Å². The van der Waals surface area contributed by atoms with Gasteiger partial charge in [0.15, 0.2) is 0 Å². The Bertz CT molecular complexity index is 1600. The molecule has 10 nitrogen and oxygen atoms in total. The number of benzene rings is 1. The van der Waals surface area contributed by atoms with Gasteiger partial charge in [0.1, 0.15) is 6.04 Å². The Morgan fingerprint density at radius 1 is 1.00 bits per heavy atom. The number of urea groups is 1. The van der Waals surface area contributed by atoms with Crippen molar-refractivity contribution in [3.63, 3.8) is 0 Å². The lowest BCUT2D eigenvalue weighted by atomic mass is 9.89. The second kappa shape index (κ2) is 13.2. The first-order valence-electron chi connectivity index (χ1n) is 16.8. The standard InChI is InChI=1S/C34H45N7O3S/c1-22-17-23(18-26-21-35-38-30(22)26)19-29(33(43)40-14-7-27(8-15-40)39-10-3-2-4-11-39)36-34(44)41-12-5-24(6-13-41)28-20-25-9-16-45-32(25)37-31(28)42/h17-18,20-21,24,27,29H,2-16,19H2,1H3,(H,35,38)(H,36,44)(H,37,42)/t29-/m1/s1. The minimum atomic E-state index is -0.650. The number of hydrogen-bond acceptors (Lipinski definition) is 6. The van der Waals surface area contributed by atoms with Crippen molar-refractivity contribution in [3.05, 3.63) is 57.0 Å². The molecule has 0 bridgehead atoms. The summed E-state index contributed by atoms with van der Waals surface area (Å²) in [4.78, 5) is 50.1. The van der Waals surface area contributed by atoms with Crippen LogP contribution < -0.4 is 10.9 Å². The van der Waals surface area contributed by atoms with E-state index in [4.69, 9.17) is 0 Å². The van der Waals surface area contributed by atoms with Crippen LogP contribution in [-0.4, -0.2) is 98.9 Å². The Hall–Kier alpha value is -3.31. The van der Waals surface area contributed by atoms with Gasteiger partial charge in [-0.25, -0.2) is 4.79 Å². The van der Waals surface area contributed by atoms with Crippen LogP contribution in [0, 0.1) is 6.92 Å². The minimum Gasteiger partial charge on any atom is -0.341 e. The molecule has 0 radical (unpaired) electrons. The predicted molar refractivity (Wildman–Crippen MR) is 177 cm³/mol. The van der Waals surface area contributed by atoms with Crippen LogP contribution in [0.15, 0.2) is 34.2 Å². The zero-order valence-electron chi connectivity index (χ0n) is 26.3. The number of fused-ring (bicyclic) bond motifs is 2. The number of hydrogen-bond donors (Lipinski definition) is 3. The van der Waals surface area contributed by atoms with E-state index in [2.05, 4.69) is 43.6 Å². The summed E-state index contributed by atoms with van der Waals surface area (Å²) in [5, 5.41) is 12.4. The number of thioether (sulfide) groups is 1. The van der Waals surface area contributed by atoms with Gasteiger partial charge in [0, 0.05) is 55.3 Å². The van der Waals surface area contributed by atoms with Crippen LogP contribution in [0.4, 0.5) is 4.79 Å². The van der Waals surface area contributed by atoms with Crippen LogP contribution in [0.3, 0.4) is 0 Å². The van der Waals surface area contributed by atoms with Gasteiger partial charge >= 0.3 is 6.03 Å². The smallest absolute Gasteiger partial charge is 0.318 e. The third kappa shape index (κ3) is 6.52. The van der Waals surface area contributed by atoms with Gasteiger partial charge in [-0.15, -0.1) is 11.8 Å². The lowest BCUT2D eigenvalue weighted by Crippen LogP contribution is -2.56. The van der Waals surface area contributed by atoms with E-state index in [1.807, 2.05) is 22.9 Å². The first-order valence-corrected chi connectivity index (χ1v) is 17.8. The molecule has 4 aliphatic rings. The maximum absolute atomic E-state index is 14.1. The molecule has 7 rings (SSSR count). The molecule has 1 aromatic carbocycles. The molecule has 6 heterocycles. The van der Waals surface area contributed by atoms with Crippen molar-refractivity contribution in [2.45, 2.75) is 87.7 Å². The molecule has 0 unspecified atom stereocenters. The molecule has 45 heavy (non-hydrogen) atoms. The first-order chi connectivity index (χ1) is 21.9. The fourth-order valence-electron chi connectivity index (χ4n) is 7.91. The van der Waals surface area contributed by atoms with Gasteiger partial charge in [0.05, 0.1) is 16.7 Å². The largest absolute Gasteiger partial charge is 0.341 e. The average Bonchev–Trinajstić information content (AvgIpc) is 3.74. The number of H-pyrrole nitrogens is 2. The quantitative estimate of drug-likeness (QED) is 0.376. The van der Waals surface area contributed by atoms with Gasteiger partial charge in [-0.3, -0.25) is 14.7 Å². The van der Waals surface area contributed by atoms with Crippen LogP contribution in [0.1, 0.15) is 73.1 Å². The fourth-order valence-corrected chi connectivity index (χ4v) is 8.95. The maximum atomic E-state index is 14.1. The van der Waals surface area contributed by atoms with Crippen LogP contribution >= 0.6 is 11.8 Å². The van der Waals surface area contributed by atoms with Crippen LogP contribution in [0.5, 0.6) is 0 Å². The highest BCUT2D eigenvalue weighted by Crippen LogP contribution is 2.32. The van der Waals surface area contributed by atoms with E-state index < -0.39 is 6.04 Å². The van der Waals surface area contributed by atoms with Gasteiger partial charge in [0.2, 0.25) is 5.91 Å². The number of aromatic amines is 2. The molecule has 0 saturated carbocycles. The summed E-state index contributed by atoms with van der Waals surface area (Å²) in [6.45, 7) is 6.96. The molecule has 11 heteroatoms. The van der Waals surface area contributed by atoms with E-state index in [9.17, 15) is 14.4 Å². The number of pyridine rings is 1. The van der Waals surface area contributed by atoms with E-state index in [0.29, 0.717) is 25.6 Å². The maximum Gasteiger partial charge on any atom is 0.318 e. The van der Waals surface area contributed by atoms with Crippen molar-refractivity contribution < 1.29 is 9.59 Å². The molecular weight excluding hydrogens is 586 g/mol. The summed E-state index contributed by atoms with van der Waals surface area (Å²) in [5.74, 6) is 1.15. The number of carbonyl (C=O) groups is 2. The van der Waals surface area contributed by atoms with E-state index in [1.165, 1.54) is 37.9 Å². The predicted octanol–water partition coefficient (Wildman–Crippen LogP) is 4.19. The van der Waals surface area contributed by atoms with E-state index in [0.717, 1.165) is 83.6 Å². The zero-order valence-corrected chi connectivity index (χ0v) is 27.1. The van der Waals surface area contributed by atoms with Crippen LogP contribution in [0.2, 0.25) is 0 Å². The van der Waals surface area contributed by atoms with Crippen molar-refractivity contribution in [2.75, 3.05) is 45.0 Å². The molecule has 1 atom stereocenters. The highest BCUT2D eigenvalue weighted by Gasteiger charge is 2.34. The molecule has 3 aromatic rings. The summed E-state index contributed by atoms with van der Waals surface area (Å²) >= 11 is 1.71. The highest BCUT2D eigenvalue weighted by molar-refractivity contribution is 7.99. The number of nitrogens with one attached hydrogen (secondary N) is 3. The number of likely N-dealkylation sites (tertiary alicyclic amines) is 3. The Labute approximate surface area is 268 Å². The second-order valence-electron chi connectivity index (χ2n) is 13.4. The number of piperidine rings is 3. The molecular formula is C34H45N7O3S. The summed E-state index contributed by atoms with van der Waals surface area (Å²) < 4.78 is 0. The third-order valence-electron chi connectivity index (χ3n) is 10.5. The molecule has 3 fully saturated rings. The minimum absolute atomic E-state index is 0.00261. The number of amides is 3. The SMILES string of the molecule is Cc1cc(C[C@@H](NC(=O)N2CCC(c3cc4c([nH]c3=O)SCC4)CC2)C(=O)N2CCC(N3CCCCC3)CC2)cc2cn[nH]c12. The number of aromatic nitrogens is 3. The lowest BCUT2D eigenvalue weighted by molar-refractivity contribution is -0.134. The van der Waals surface area contributed by atoms with Gasteiger partial charge in [-0.05, 0) is 99.7 Å². The average molecular weight is 632 g/mol. The third-order valence-corrected chi connectivity index (χ3v) is 11.5. The molecule has 3 N–H and O–H groups in total. The molecule has 0 aliphatic carbocycles. The van der Waals surface area contributed by atoms with Crippen molar-refractivity contribution in [3.8, 4) is 0 Å². The molecule has 3 amide bonds. The molecule has 4 aliphatic heterocycles. The van der Waals surface area contributed by atoms with Crippen molar-refractivity contribution in [1.29, 1.82) is 0 Å². The topological polar surface area (TPSA) is 117 Å². The Kier molecular flexibility index (Phi) is 8.90. The van der Waals surface area contributed by atoms with Crippen molar-refractivity contribution in [1.82, 2.24) is 35.2 Å². The van der Waals surface area contributed by atoms with Gasteiger partial charge in [-0.2, -0.15) is 5.10 Å². The summed E-state index contributed by atoms with van der Waals surface area (Å²) in [5.41, 5.74) is 5.17. The Morgan fingerprint density at radius 3 is 2.53 bits per heavy atom. The number of nitrogens with zero attached hydrogens (tertiary/aromatic N) is 4. The fraction of sp³-hybridized carbons (Fsp3) is 0.588. The van der Waals surface area contributed by atoms with Crippen LogP contribution in [0.25, 0.3) is 10.9 Å². The highest BCUT2D eigenvalue weighted by atomic mass is 32.2. The van der Waals surface area contributed by atoms with Gasteiger partial charge < -0.3 is 25.0 Å². The second-order valence-corrected chi connectivity index (χ2v) is 14.5. The zero-order chi connectivity index (χ0) is 30.9. The van der Waals surface area contributed by atoms with Gasteiger partial charge in [-0.1, -0.05) is 12.5 Å². The van der Waals surface area contributed by atoms with Crippen LogP contribution in [-0.2, 0) is 17.6 Å². The normalized spacial score (nSPS) is 20.8. The Morgan fingerprint density at radius 2 is 1.76 bits per heavy atom. The number of carbonyl (C=O) groups excluding carboxylic acids is 2. The first kappa shape index (κ1) is 30.3. The Balaban J connectivity index is 1.03.